The maximum Gasteiger partial charge on any atom is 0.146 e. The Labute approximate surface area is 694 Å². The molecule has 0 saturated carbocycles. The number of nitrogens with one attached hydrogen (secondary N) is 3. The number of para-hydroxylation sites is 7. The Morgan fingerprint density at radius 3 is 0.795 bits per heavy atom. The van der Waals surface area contributed by atoms with Crippen molar-refractivity contribution in [2.24, 2.45) is 82.9 Å². The van der Waals surface area contributed by atoms with Gasteiger partial charge in [-0.25, -0.2) is 17.6 Å². The van der Waals surface area contributed by atoms with Gasteiger partial charge in [-0.15, -0.1) is 0 Å². The molecule has 0 bridgehead atoms. The van der Waals surface area contributed by atoms with E-state index in [-0.39, 0.29) is 23.3 Å². The molecule has 0 aliphatic carbocycles. The fraction of sp³-hybridized carbons (Fsp3) is 0.558. The third kappa shape index (κ3) is 20.1. The summed E-state index contributed by atoms with van der Waals surface area (Å²) in [7, 11) is 12.1. The van der Waals surface area contributed by atoms with E-state index in [1.807, 2.05) is 44.2 Å². The smallest absolute Gasteiger partial charge is 0.146 e. The topological polar surface area (TPSA) is 109 Å². The molecule has 14 heterocycles. The summed E-state index contributed by atoms with van der Waals surface area (Å²) >= 11 is 0. The van der Waals surface area contributed by atoms with Crippen LogP contribution in [-0.2, 0) is 0 Å². The van der Waals surface area contributed by atoms with Crippen LogP contribution in [-0.4, -0.2) is 258 Å². The second-order valence-electron chi connectivity index (χ2n) is 36.0. The van der Waals surface area contributed by atoms with Crippen molar-refractivity contribution in [1.82, 2.24) is 35.6 Å². The van der Waals surface area contributed by atoms with Gasteiger partial charge in [0.15, 0.2) is 0 Å². The molecule has 0 aromatic heterocycles. The van der Waals surface area contributed by atoms with Gasteiger partial charge in [-0.05, 0) is 216 Å². The van der Waals surface area contributed by atoms with Gasteiger partial charge in [0.25, 0.3) is 0 Å². The van der Waals surface area contributed by atoms with Gasteiger partial charge in [0.05, 0.1) is 61.6 Å². The first kappa shape index (κ1) is 83.8. The number of aryl methyl sites for hydroxylation is 1. The van der Waals surface area contributed by atoms with Crippen LogP contribution < -0.4 is 69.2 Å². The van der Waals surface area contributed by atoms with E-state index in [0.717, 1.165) is 211 Å². The number of anilines is 7. The summed E-state index contributed by atoms with van der Waals surface area (Å²) in [6.07, 6.45) is 0. The van der Waals surface area contributed by atoms with Crippen LogP contribution in [0.25, 0.3) is 0 Å². The molecule has 14 saturated heterocycles. The fourth-order valence-corrected chi connectivity index (χ4v) is 22.0. The van der Waals surface area contributed by atoms with Crippen molar-refractivity contribution < 1.29 is 36.5 Å². The summed E-state index contributed by atoms with van der Waals surface area (Å²) in [4.78, 5) is 26.2. The van der Waals surface area contributed by atoms with E-state index >= 15 is 0 Å². The van der Waals surface area contributed by atoms with Crippen LogP contribution in [0.15, 0.2) is 158 Å². The molecular weight excluding hydrogens is 1480 g/mol. The van der Waals surface area contributed by atoms with Gasteiger partial charge in [0.1, 0.15) is 46.3 Å². The highest BCUT2D eigenvalue weighted by Gasteiger charge is 2.45. The number of methoxy groups -OCH3 is 2. The predicted molar refractivity (Wildman–Crippen MR) is 468 cm³/mol. The highest BCUT2D eigenvalue weighted by molar-refractivity contribution is 5.63. The summed E-state index contributed by atoms with van der Waals surface area (Å²) in [6.45, 7) is 39.4. The summed E-state index contributed by atoms with van der Waals surface area (Å²) in [6, 6.07) is 49.3. The normalized spacial score (nSPS) is 28.3. The maximum absolute atomic E-state index is 13.6. The van der Waals surface area contributed by atoms with Crippen LogP contribution in [0.2, 0.25) is 0 Å². The number of rotatable bonds is 13. The van der Waals surface area contributed by atoms with E-state index < -0.39 is 0 Å². The molecule has 14 aliphatic rings. The van der Waals surface area contributed by atoms with E-state index in [1.165, 1.54) is 113 Å². The first-order chi connectivity index (χ1) is 56.9. The minimum absolute atomic E-state index is 0.0872. The van der Waals surface area contributed by atoms with Gasteiger partial charge in [0.2, 0.25) is 0 Å². The van der Waals surface area contributed by atoms with Crippen molar-refractivity contribution in [3.63, 3.8) is 0 Å². The highest BCUT2D eigenvalue weighted by Crippen LogP contribution is 2.43. The van der Waals surface area contributed by atoms with Gasteiger partial charge in [-0.1, -0.05) is 66.7 Å². The summed E-state index contributed by atoms with van der Waals surface area (Å²) < 4.78 is 76.0. The van der Waals surface area contributed by atoms with Crippen molar-refractivity contribution in [3.05, 3.63) is 187 Å². The zero-order valence-corrected chi connectivity index (χ0v) is 70.9. The van der Waals surface area contributed by atoms with Crippen LogP contribution in [0.3, 0.4) is 0 Å². The number of hydrogen-bond acceptors (Lipinski definition) is 18. The van der Waals surface area contributed by atoms with Crippen LogP contribution in [0, 0.1) is 113 Å². The first-order valence-electron chi connectivity index (χ1n) is 43.7. The number of benzene rings is 7. The largest absolute Gasteiger partial charge is 0.495 e. The number of fused-ring (bicyclic) bond motifs is 7. The number of likely N-dealkylation sites (tertiary alicyclic amines) is 4. The molecule has 18 nitrogen and oxygen atoms in total. The van der Waals surface area contributed by atoms with E-state index in [0.29, 0.717) is 35.5 Å². The quantitative estimate of drug-likeness (QED) is 0.0952. The zero-order chi connectivity index (χ0) is 81.2. The standard InChI is InChI=1S/C15H22N2O.C14H19FN2O.C14H20N2O.C14H20N2.C13H17FN2O.C13H17FN2.C12H15FN2/c1-3-18-15-7-5-4-6-14(15)17-10-12-8-16(2)9-13(12)11-17;1-16-6-10-8-17(9-11(10)7-16)13-5-12(15)3-4-14(13)18-2;1-2-17-14-6-4-3-5-13(14)16-9-11-7-15-8-12(11)10-16;1-11-5-3-4-6-14(11)16-9-12-7-15(2)8-13(12)10-16;1-17-13-3-2-11(14)4-12(13)16-7-9-5-15-6-10(9)8-16;1-15-6-10-8-16(9-11(10)7-15)13-5-3-2-4-12(13)14;13-11-3-1-2-4-12(11)15-7-9-5-14-6-10(9)8-15/h4-7,12-13H,3,8-11H2,1-2H3;3-5,10-11H,6-9H2,1-2H3;3-6,11-12,15H,2,7-10H2,1H3;3-6,12-13H,7-10H2,1-2H3;2-4,9-10,15H,5-8H2,1H3;2-5,10-11H,6-9H2,1H3;1-4,9-10,14H,5-8H2. The number of halogens is 4. The Hall–Kier alpha value is -8.22. The van der Waals surface area contributed by atoms with Crippen molar-refractivity contribution in [2.45, 2.75) is 20.8 Å². The van der Waals surface area contributed by atoms with Gasteiger partial charge in [0, 0.05) is 201 Å². The average Bonchev–Trinajstić information content (AvgIpc) is 1.71. The molecule has 14 fully saturated rings. The molecule has 3 N–H and O–H groups in total. The summed E-state index contributed by atoms with van der Waals surface area (Å²) in [5.41, 5.74) is 8.73. The van der Waals surface area contributed by atoms with Crippen molar-refractivity contribution >= 4 is 39.8 Å². The molecule has 117 heavy (non-hydrogen) atoms. The second-order valence-corrected chi connectivity index (χ2v) is 36.0. The van der Waals surface area contributed by atoms with Crippen LogP contribution in [0.1, 0.15) is 19.4 Å². The van der Waals surface area contributed by atoms with Gasteiger partial charge in [-0.2, -0.15) is 0 Å². The molecule has 7 aromatic rings. The Morgan fingerprint density at radius 2 is 0.513 bits per heavy atom. The fourth-order valence-electron chi connectivity index (χ4n) is 22.0. The van der Waals surface area contributed by atoms with Gasteiger partial charge in [-0.3, -0.25) is 0 Å². The minimum atomic E-state index is -0.198. The van der Waals surface area contributed by atoms with E-state index in [2.05, 4.69) is 172 Å². The third-order valence-corrected chi connectivity index (χ3v) is 27.7. The lowest BCUT2D eigenvalue weighted by atomic mass is 10.0. The van der Waals surface area contributed by atoms with Crippen LogP contribution in [0.4, 0.5) is 57.4 Å². The predicted octanol–water partition coefficient (Wildman–Crippen LogP) is 12.4. The van der Waals surface area contributed by atoms with Crippen LogP contribution in [0.5, 0.6) is 23.0 Å². The van der Waals surface area contributed by atoms with E-state index in [1.54, 1.807) is 62.8 Å². The third-order valence-electron chi connectivity index (χ3n) is 27.7. The Morgan fingerprint density at radius 1 is 0.274 bits per heavy atom. The molecule has 21 rings (SSSR count). The minimum Gasteiger partial charge on any atom is -0.495 e. The lowest BCUT2D eigenvalue weighted by Gasteiger charge is -2.23. The monoisotopic (exact) mass is 1610 g/mol. The molecule has 14 unspecified atom stereocenters. The zero-order valence-electron chi connectivity index (χ0n) is 70.9. The molecule has 0 spiro atoms. The molecule has 632 valence electrons. The SMILES string of the molecule is CCOc1ccccc1N1CC2CN(C)CC2C1.CCOc1ccccc1N1CC2CNCC2C1.CN1CC2CN(c3ccccc3F)CC2C1.COc1ccc(F)cc1N1CC2CN(C)CC2C1.COc1ccc(F)cc1N1CC2CNCC2C1.Cc1ccccc1N1CC2CN(C)CC2C1.Fc1ccccc1N1CC2CNCC2C1. The van der Waals surface area contributed by atoms with E-state index in [4.69, 9.17) is 18.9 Å². The molecule has 22 heteroatoms. The first-order valence-corrected chi connectivity index (χ1v) is 43.7. The maximum atomic E-state index is 13.6. The molecule has 7 aromatic carbocycles. The molecule has 14 atom stereocenters. The second kappa shape index (κ2) is 38.9. The summed E-state index contributed by atoms with van der Waals surface area (Å²) in [5, 5.41) is 10.3. The number of nitrogens with zero attached hydrogens (tertiary/aromatic N) is 11. The number of ether oxygens (including phenoxy) is 4. The molecule has 0 amide bonds. The lowest BCUT2D eigenvalue weighted by molar-refractivity contribution is 0.340. The average molecular weight is 1610 g/mol. The lowest BCUT2D eigenvalue weighted by Crippen LogP contribution is -2.27. The van der Waals surface area contributed by atoms with Crippen molar-refractivity contribution in [2.75, 3.05) is 273 Å². The molecule has 14 aliphatic heterocycles. The summed E-state index contributed by atoms with van der Waals surface area (Å²) in [5.74, 6) is 13.8. The van der Waals surface area contributed by atoms with Gasteiger partial charge >= 0.3 is 0 Å². The van der Waals surface area contributed by atoms with Crippen molar-refractivity contribution in [1.29, 1.82) is 0 Å². The van der Waals surface area contributed by atoms with E-state index in [9.17, 15) is 17.6 Å². The Bertz CT molecular complexity index is 4190. The molecular formula is C95H130F4N14O4. The highest BCUT2D eigenvalue weighted by atomic mass is 19.1. The molecule has 0 radical (unpaired) electrons. The van der Waals surface area contributed by atoms with Crippen LogP contribution >= 0.6 is 0 Å². The Balaban J connectivity index is 0.000000107. The van der Waals surface area contributed by atoms with Gasteiger partial charge < -0.3 is 88.8 Å². The number of hydrogen-bond donors (Lipinski definition) is 3. The Kier molecular flexibility index (Phi) is 27.9. The van der Waals surface area contributed by atoms with Crippen molar-refractivity contribution in [3.8, 4) is 23.0 Å².